The van der Waals surface area contributed by atoms with E-state index in [9.17, 15) is 0 Å². The number of hydrogen-bond acceptors (Lipinski definition) is 4. The van der Waals surface area contributed by atoms with E-state index in [4.69, 9.17) is 26.3 Å². The summed E-state index contributed by atoms with van der Waals surface area (Å²) in [7, 11) is 0. The maximum absolute atomic E-state index is 8.93. The summed E-state index contributed by atoms with van der Waals surface area (Å²) in [6.45, 7) is 4.49. The van der Waals surface area contributed by atoms with Gasteiger partial charge in [-0.1, -0.05) is 11.6 Å². The van der Waals surface area contributed by atoms with Crippen molar-refractivity contribution in [1.29, 1.82) is 5.26 Å². The maximum Gasteiger partial charge on any atom is 0.101 e. The standard InChI is InChI=1S/C17H21ClN2O2/c18-17-9-15(2-1-14(17)10-19)20-6-3-16(4-7-20)22-12-13-5-8-21-11-13/h1-2,9,13,16H,3-8,11-12H2. The van der Waals surface area contributed by atoms with Crippen LogP contribution in [0.25, 0.3) is 0 Å². The zero-order chi connectivity index (χ0) is 15.4. The molecule has 118 valence electrons. The molecule has 0 N–H and O–H groups in total. The lowest BCUT2D eigenvalue weighted by Crippen LogP contribution is -2.37. The minimum atomic E-state index is 0.353. The van der Waals surface area contributed by atoms with Crippen LogP contribution in [0.1, 0.15) is 24.8 Å². The van der Waals surface area contributed by atoms with Crippen LogP contribution in [0.2, 0.25) is 5.02 Å². The quantitative estimate of drug-likeness (QED) is 0.854. The van der Waals surface area contributed by atoms with E-state index in [-0.39, 0.29) is 0 Å². The predicted molar refractivity (Wildman–Crippen MR) is 86.3 cm³/mol. The van der Waals surface area contributed by atoms with E-state index in [2.05, 4.69) is 11.0 Å². The lowest BCUT2D eigenvalue weighted by atomic mass is 10.1. The van der Waals surface area contributed by atoms with Crippen molar-refractivity contribution in [3.63, 3.8) is 0 Å². The van der Waals surface area contributed by atoms with Gasteiger partial charge >= 0.3 is 0 Å². The Morgan fingerprint density at radius 2 is 2.14 bits per heavy atom. The molecule has 1 unspecified atom stereocenters. The fourth-order valence-corrected chi connectivity index (χ4v) is 3.28. The Hall–Kier alpha value is -1.28. The summed E-state index contributed by atoms with van der Waals surface area (Å²) in [5.41, 5.74) is 1.62. The second-order valence-corrected chi connectivity index (χ2v) is 6.43. The van der Waals surface area contributed by atoms with Crippen molar-refractivity contribution in [3.05, 3.63) is 28.8 Å². The molecule has 0 aromatic heterocycles. The highest BCUT2D eigenvalue weighted by molar-refractivity contribution is 6.32. The molecular weight excluding hydrogens is 300 g/mol. The molecule has 4 nitrogen and oxygen atoms in total. The number of anilines is 1. The minimum absolute atomic E-state index is 0.353. The topological polar surface area (TPSA) is 45.5 Å². The van der Waals surface area contributed by atoms with Crippen molar-refractivity contribution in [3.8, 4) is 6.07 Å². The Balaban J connectivity index is 1.48. The monoisotopic (exact) mass is 320 g/mol. The number of ether oxygens (including phenoxy) is 2. The fourth-order valence-electron chi connectivity index (χ4n) is 3.06. The van der Waals surface area contributed by atoms with Crippen LogP contribution in [0, 0.1) is 17.2 Å². The summed E-state index contributed by atoms with van der Waals surface area (Å²) < 4.78 is 11.4. The molecule has 2 saturated heterocycles. The average Bonchev–Trinajstić information content (AvgIpc) is 3.07. The molecule has 2 aliphatic rings. The highest BCUT2D eigenvalue weighted by atomic mass is 35.5. The van der Waals surface area contributed by atoms with E-state index in [1.165, 1.54) is 0 Å². The van der Waals surface area contributed by atoms with Gasteiger partial charge < -0.3 is 14.4 Å². The summed E-state index contributed by atoms with van der Waals surface area (Å²) in [4.78, 5) is 2.31. The van der Waals surface area contributed by atoms with Gasteiger partial charge in [0.15, 0.2) is 0 Å². The summed E-state index contributed by atoms with van der Waals surface area (Å²) >= 11 is 6.11. The first-order valence-electron chi connectivity index (χ1n) is 7.90. The van der Waals surface area contributed by atoms with Gasteiger partial charge in [0.1, 0.15) is 6.07 Å². The Bertz CT molecular complexity index is 544. The number of rotatable bonds is 4. The van der Waals surface area contributed by atoms with Gasteiger partial charge in [-0.2, -0.15) is 5.26 Å². The molecule has 0 bridgehead atoms. The summed E-state index contributed by atoms with van der Waals surface area (Å²) in [5.74, 6) is 0.579. The number of hydrogen-bond donors (Lipinski definition) is 0. The lowest BCUT2D eigenvalue weighted by molar-refractivity contribution is 0.0132. The Morgan fingerprint density at radius 1 is 1.32 bits per heavy atom. The van der Waals surface area contributed by atoms with Crippen LogP contribution in [0.15, 0.2) is 18.2 Å². The number of nitriles is 1. The summed E-state index contributed by atoms with van der Waals surface area (Å²) in [6.07, 6.45) is 3.55. The van der Waals surface area contributed by atoms with Crippen LogP contribution in [-0.2, 0) is 9.47 Å². The first kappa shape index (κ1) is 15.6. The van der Waals surface area contributed by atoms with Crippen molar-refractivity contribution in [1.82, 2.24) is 0 Å². The van der Waals surface area contributed by atoms with E-state index in [1.54, 1.807) is 6.07 Å². The van der Waals surface area contributed by atoms with E-state index >= 15 is 0 Å². The molecule has 5 heteroatoms. The molecule has 0 radical (unpaired) electrons. The fraction of sp³-hybridized carbons (Fsp3) is 0.588. The molecule has 3 rings (SSSR count). The van der Waals surface area contributed by atoms with Crippen LogP contribution in [-0.4, -0.2) is 39.0 Å². The van der Waals surface area contributed by atoms with Crippen LogP contribution in [0.4, 0.5) is 5.69 Å². The second kappa shape index (κ2) is 7.32. The third kappa shape index (κ3) is 3.73. The van der Waals surface area contributed by atoms with E-state index in [1.807, 2.05) is 12.1 Å². The Labute approximate surface area is 136 Å². The van der Waals surface area contributed by atoms with Crippen LogP contribution >= 0.6 is 11.6 Å². The van der Waals surface area contributed by atoms with Gasteiger partial charge in [-0.25, -0.2) is 0 Å². The molecular formula is C17H21ClN2O2. The van der Waals surface area contributed by atoms with Gasteiger partial charge in [-0.15, -0.1) is 0 Å². The molecule has 2 fully saturated rings. The molecule has 1 atom stereocenters. The third-order valence-electron chi connectivity index (χ3n) is 4.47. The average molecular weight is 321 g/mol. The largest absolute Gasteiger partial charge is 0.381 e. The first-order valence-corrected chi connectivity index (χ1v) is 8.28. The van der Waals surface area contributed by atoms with Gasteiger partial charge in [0.25, 0.3) is 0 Å². The number of halogens is 1. The molecule has 1 aromatic carbocycles. The van der Waals surface area contributed by atoms with Gasteiger partial charge in [0, 0.05) is 31.3 Å². The molecule has 2 aliphatic heterocycles. The predicted octanol–water partition coefficient (Wildman–Crippen LogP) is 3.23. The van der Waals surface area contributed by atoms with Gasteiger partial charge in [0.05, 0.1) is 29.9 Å². The normalized spacial score (nSPS) is 22.7. The molecule has 0 aliphatic carbocycles. The zero-order valence-electron chi connectivity index (χ0n) is 12.6. The second-order valence-electron chi connectivity index (χ2n) is 6.03. The van der Waals surface area contributed by atoms with Gasteiger partial charge in [0.2, 0.25) is 0 Å². The molecule has 0 amide bonds. The SMILES string of the molecule is N#Cc1ccc(N2CCC(OCC3CCOC3)CC2)cc1Cl. The zero-order valence-corrected chi connectivity index (χ0v) is 13.4. The molecule has 2 heterocycles. The van der Waals surface area contributed by atoms with Crippen molar-refractivity contribution in [2.45, 2.75) is 25.4 Å². The minimum Gasteiger partial charge on any atom is -0.381 e. The highest BCUT2D eigenvalue weighted by Crippen LogP contribution is 2.26. The van der Waals surface area contributed by atoms with Crippen LogP contribution in [0.5, 0.6) is 0 Å². The molecule has 22 heavy (non-hydrogen) atoms. The number of piperidine rings is 1. The van der Waals surface area contributed by atoms with Gasteiger partial charge in [-0.3, -0.25) is 0 Å². The van der Waals surface area contributed by atoms with Crippen molar-refractivity contribution < 1.29 is 9.47 Å². The third-order valence-corrected chi connectivity index (χ3v) is 4.78. The molecule has 0 saturated carbocycles. The van der Waals surface area contributed by atoms with Crippen molar-refractivity contribution >= 4 is 17.3 Å². The van der Waals surface area contributed by atoms with E-state index < -0.39 is 0 Å². The lowest BCUT2D eigenvalue weighted by Gasteiger charge is -2.34. The Kier molecular flexibility index (Phi) is 5.20. The van der Waals surface area contributed by atoms with Crippen LogP contribution in [0.3, 0.4) is 0 Å². The Morgan fingerprint density at radius 3 is 2.77 bits per heavy atom. The van der Waals surface area contributed by atoms with Crippen LogP contribution < -0.4 is 4.90 Å². The smallest absolute Gasteiger partial charge is 0.101 e. The molecule has 1 aromatic rings. The van der Waals surface area contributed by atoms with E-state index in [0.29, 0.717) is 22.6 Å². The highest BCUT2D eigenvalue weighted by Gasteiger charge is 2.23. The van der Waals surface area contributed by atoms with Crippen molar-refractivity contribution in [2.24, 2.45) is 5.92 Å². The van der Waals surface area contributed by atoms with Gasteiger partial charge in [-0.05, 0) is 37.5 Å². The maximum atomic E-state index is 8.93. The molecule has 0 spiro atoms. The van der Waals surface area contributed by atoms with Crippen molar-refractivity contribution in [2.75, 3.05) is 37.8 Å². The first-order chi connectivity index (χ1) is 10.8. The summed E-state index contributed by atoms with van der Waals surface area (Å²) in [5, 5.41) is 9.46. The summed E-state index contributed by atoms with van der Waals surface area (Å²) in [6, 6.07) is 7.75. The number of benzene rings is 1. The number of nitrogens with zero attached hydrogens (tertiary/aromatic N) is 2. The van der Waals surface area contributed by atoms with E-state index in [0.717, 1.165) is 57.9 Å².